The molecule has 106 valence electrons. The summed E-state index contributed by atoms with van der Waals surface area (Å²) >= 11 is 0. The molecule has 2 fully saturated rings. The lowest BCUT2D eigenvalue weighted by atomic mass is 10.2. The predicted molar refractivity (Wildman–Crippen MR) is 64.5 cm³/mol. The fourth-order valence-corrected chi connectivity index (χ4v) is 2.81. The van der Waals surface area contributed by atoms with Crippen molar-refractivity contribution in [1.82, 2.24) is 9.80 Å². The van der Waals surface area contributed by atoms with Crippen LogP contribution in [0.2, 0.25) is 0 Å². The molecular formula is C12H18N2O5. The van der Waals surface area contributed by atoms with Crippen LogP contribution in [0.15, 0.2) is 0 Å². The quantitative estimate of drug-likeness (QED) is 0.729. The number of likely N-dealkylation sites (tertiary alicyclic amines) is 1. The maximum Gasteiger partial charge on any atom is 0.410 e. The Morgan fingerprint density at radius 3 is 2.32 bits per heavy atom. The minimum absolute atomic E-state index is 0.110. The number of carboxylic acid groups (broad SMARTS) is 1. The Hall–Kier alpha value is -1.79. The molecule has 2 amide bonds. The Kier molecular flexibility index (Phi) is 3.38. The topological polar surface area (TPSA) is 86.9 Å². The zero-order valence-electron chi connectivity index (χ0n) is 11.2. The molecule has 2 saturated heterocycles. The minimum atomic E-state index is -0.990. The number of ether oxygens (including phenoxy) is 1. The number of methoxy groups -OCH3 is 1. The summed E-state index contributed by atoms with van der Waals surface area (Å²) in [5, 5.41) is 9.14. The van der Waals surface area contributed by atoms with Crippen molar-refractivity contribution >= 4 is 18.0 Å². The van der Waals surface area contributed by atoms with Crippen molar-refractivity contribution in [2.75, 3.05) is 7.11 Å². The first-order chi connectivity index (χ1) is 8.90. The zero-order valence-corrected chi connectivity index (χ0v) is 11.2. The molecule has 0 aromatic heterocycles. The molecule has 2 aliphatic rings. The molecule has 1 N–H and O–H groups in total. The number of hydrogen-bond acceptors (Lipinski definition) is 4. The first-order valence-electron chi connectivity index (χ1n) is 6.31. The number of aliphatic carboxylic acids is 1. The van der Waals surface area contributed by atoms with Gasteiger partial charge in [-0.1, -0.05) is 0 Å². The van der Waals surface area contributed by atoms with Crippen LogP contribution in [-0.2, 0) is 14.3 Å². The van der Waals surface area contributed by atoms with Crippen LogP contribution < -0.4 is 0 Å². The number of carbonyl (C=O) groups is 3. The molecule has 0 aromatic rings. The van der Waals surface area contributed by atoms with E-state index in [-0.39, 0.29) is 18.0 Å². The molecule has 1 unspecified atom stereocenters. The molecule has 4 atom stereocenters. The fourth-order valence-electron chi connectivity index (χ4n) is 2.81. The molecule has 19 heavy (non-hydrogen) atoms. The van der Waals surface area contributed by atoms with Crippen LogP contribution >= 0.6 is 0 Å². The van der Waals surface area contributed by atoms with Crippen molar-refractivity contribution < 1.29 is 24.2 Å². The van der Waals surface area contributed by atoms with E-state index in [1.807, 2.05) is 6.92 Å². The first kappa shape index (κ1) is 13.6. The second-order valence-corrected chi connectivity index (χ2v) is 5.09. The van der Waals surface area contributed by atoms with E-state index >= 15 is 0 Å². The molecule has 0 radical (unpaired) electrons. The Labute approximate surface area is 111 Å². The minimum Gasteiger partial charge on any atom is -0.480 e. The van der Waals surface area contributed by atoms with Gasteiger partial charge in [0.15, 0.2) is 0 Å². The fraction of sp³-hybridized carbons (Fsp3) is 0.750. The number of hydrogen-bond donors (Lipinski definition) is 1. The number of nitrogens with zero attached hydrogens (tertiary/aromatic N) is 2. The average molecular weight is 270 g/mol. The maximum absolute atomic E-state index is 12.4. The molecule has 0 spiro atoms. The highest BCUT2D eigenvalue weighted by Gasteiger charge is 2.57. The van der Waals surface area contributed by atoms with Crippen molar-refractivity contribution in [3.05, 3.63) is 0 Å². The van der Waals surface area contributed by atoms with Gasteiger partial charge in [-0.25, -0.2) is 9.59 Å². The van der Waals surface area contributed by atoms with Crippen LogP contribution in [0.3, 0.4) is 0 Å². The van der Waals surface area contributed by atoms with Crippen LogP contribution in [0.5, 0.6) is 0 Å². The molecule has 0 bridgehead atoms. The smallest absolute Gasteiger partial charge is 0.410 e. The third kappa shape index (κ3) is 2.13. The lowest BCUT2D eigenvalue weighted by Gasteiger charge is -2.26. The molecule has 7 nitrogen and oxygen atoms in total. The van der Waals surface area contributed by atoms with Gasteiger partial charge in [-0.15, -0.1) is 0 Å². The highest BCUT2D eigenvalue weighted by Crippen LogP contribution is 2.34. The van der Waals surface area contributed by atoms with Crippen molar-refractivity contribution in [2.24, 2.45) is 0 Å². The van der Waals surface area contributed by atoms with E-state index in [4.69, 9.17) is 5.11 Å². The molecule has 2 heterocycles. The number of amides is 2. The van der Waals surface area contributed by atoms with Crippen LogP contribution in [0.25, 0.3) is 0 Å². The molecule has 0 aliphatic carbocycles. The van der Waals surface area contributed by atoms with Crippen molar-refractivity contribution in [1.29, 1.82) is 0 Å². The largest absolute Gasteiger partial charge is 0.480 e. The summed E-state index contributed by atoms with van der Waals surface area (Å²) in [6.07, 6.45) is 0.577. The lowest BCUT2D eigenvalue weighted by Crippen LogP contribution is -2.47. The highest BCUT2D eigenvalue weighted by atomic mass is 16.5. The van der Waals surface area contributed by atoms with Crippen molar-refractivity contribution in [3.8, 4) is 0 Å². The maximum atomic E-state index is 12.4. The Morgan fingerprint density at radius 1 is 1.16 bits per heavy atom. The van der Waals surface area contributed by atoms with Gasteiger partial charge in [0.05, 0.1) is 13.2 Å². The van der Waals surface area contributed by atoms with E-state index in [1.54, 1.807) is 6.92 Å². The van der Waals surface area contributed by atoms with E-state index in [2.05, 4.69) is 4.74 Å². The second-order valence-electron chi connectivity index (χ2n) is 5.09. The summed E-state index contributed by atoms with van der Waals surface area (Å²) in [4.78, 5) is 37.7. The third-order valence-corrected chi connectivity index (χ3v) is 3.95. The SMILES string of the molecule is COC(=O)N1C(C)[C@@H]1C(=O)N1[C@@H](C)CC[C@H]1C(=O)O. The van der Waals surface area contributed by atoms with Gasteiger partial charge < -0.3 is 14.7 Å². The highest BCUT2D eigenvalue weighted by molar-refractivity contribution is 5.94. The number of carbonyl (C=O) groups excluding carboxylic acids is 2. The first-order valence-corrected chi connectivity index (χ1v) is 6.31. The summed E-state index contributed by atoms with van der Waals surface area (Å²) in [5.41, 5.74) is 0. The molecule has 7 heteroatoms. The monoisotopic (exact) mass is 270 g/mol. The summed E-state index contributed by atoms with van der Waals surface area (Å²) in [6, 6.07) is -1.72. The van der Waals surface area contributed by atoms with Gasteiger partial charge in [-0.05, 0) is 26.7 Å². The van der Waals surface area contributed by atoms with E-state index < -0.39 is 24.1 Å². The van der Waals surface area contributed by atoms with Crippen molar-refractivity contribution in [2.45, 2.75) is 50.9 Å². The van der Waals surface area contributed by atoms with Crippen LogP contribution in [-0.4, -0.2) is 64.2 Å². The molecule has 2 aliphatic heterocycles. The number of carboxylic acids is 1. The normalized spacial score (nSPS) is 33.2. The Bertz CT molecular complexity index is 424. The Morgan fingerprint density at radius 2 is 1.79 bits per heavy atom. The molecule has 0 saturated carbocycles. The van der Waals surface area contributed by atoms with Gasteiger partial charge >= 0.3 is 12.1 Å². The summed E-state index contributed by atoms with van der Waals surface area (Å²) in [5.74, 6) is -1.29. The van der Waals surface area contributed by atoms with Crippen molar-refractivity contribution in [3.63, 3.8) is 0 Å². The van der Waals surface area contributed by atoms with Crippen LogP contribution in [0.1, 0.15) is 26.7 Å². The van der Waals surface area contributed by atoms with Gasteiger partial charge in [0.2, 0.25) is 5.91 Å². The molecule has 0 aromatic carbocycles. The van der Waals surface area contributed by atoms with E-state index in [9.17, 15) is 14.4 Å². The van der Waals surface area contributed by atoms with Crippen LogP contribution in [0.4, 0.5) is 4.79 Å². The number of rotatable bonds is 2. The zero-order chi connectivity index (χ0) is 14.3. The van der Waals surface area contributed by atoms with Gasteiger partial charge in [-0.2, -0.15) is 0 Å². The summed E-state index contributed by atoms with van der Waals surface area (Å²) < 4.78 is 4.59. The lowest BCUT2D eigenvalue weighted by molar-refractivity contribution is -0.149. The van der Waals surface area contributed by atoms with Crippen LogP contribution in [0, 0.1) is 0 Å². The van der Waals surface area contributed by atoms with Gasteiger partial charge in [-0.3, -0.25) is 9.69 Å². The van der Waals surface area contributed by atoms with Gasteiger partial charge in [0.1, 0.15) is 12.1 Å². The summed E-state index contributed by atoms with van der Waals surface area (Å²) in [7, 11) is 1.26. The third-order valence-electron chi connectivity index (χ3n) is 3.95. The molecule has 2 rings (SSSR count). The van der Waals surface area contributed by atoms with E-state index in [0.29, 0.717) is 12.8 Å². The predicted octanol–water partition coefficient (Wildman–Crippen LogP) is 0.290. The van der Waals surface area contributed by atoms with E-state index in [1.165, 1.54) is 16.9 Å². The summed E-state index contributed by atoms with van der Waals surface area (Å²) in [6.45, 7) is 3.58. The average Bonchev–Trinajstić information content (AvgIpc) is 2.86. The van der Waals surface area contributed by atoms with Gasteiger partial charge in [0.25, 0.3) is 0 Å². The van der Waals surface area contributed by atoms with E-state index in [0.717, 1.165) is 0 Å². The van der Waals surface area contributed by atoms with Gasteiger partial charge in [0, 0.05) is 6.04 Å². The Balaban J connectivity index is 2.12. The standard InChI is InChI=1S/C12H18N2O5/c1-6-4-5-8(11(16)17)13(6)10(15)9-7(2)14(9)12(18)19-3/h6-9H,4-5H2,1-3H3,(H,16,17)/t6-,7?,8-,9+,14?/m0/s1. The molecular weight excluding hydrogens is 252 g/mol. The second kappa shape index (κ2) is 4.71.